The Balaban J connectivity index is 0.00000588. The van der Waals surface area contributed by atoms with Crippen LogP contribution >= 0.6 is 0 Å². The minimum Gasteiger partial charge on any atom is -0.495 e. The largest absolute Gasteiger partial charge is 0.495 e. The third kappa shape index (κ3) is 9.67. The monoisotopic (exact) mass is 608 g/mol. The highest BCUT2D eigenvalue weighted by atomic mass is 32.2. The van der Waals surface area contributed by atoms with Crippen LogP contribution in [0.2, 0.25) is 0 Å². The van der Waals surface area contributed by atoms with Crippen molar-refractivity contribution in [2.75, 3.05) is 45.9 Å². The van der Waals surface area contributed by atoms with Gasteiger partial charge in [0.15, 0.2) is 0 Å². The number of hydrogen-bond donors (Lipinski definition) is 3. The highest BCUT2D eigenvalue weighted by Gasteiger charge is 2.38. The van der Waals surface area contributed by atoms with E-state index >= 15 is 0 Å². The minimum absolute atomic E-state index is 0. The Bertz CT molecular complexity index is 1310. The van der Waals surface area contributed by atoms with Crippen LogP contribution in [-0.4, -0.2) is 81.9 Å². The quantitative estimate of drug-likeness (QED) is 0.328. The fourth-order valence-electron chi connectivity index (χ4n) is 4.10. The summed E-state index contributed by atoms with van der Waals surface area (Å²) in [6, 6.07) is 1.34. The molecule has 1 aliphatic carbocycles. The number of ether oxygens (including phenoxy) is 2. The molecule has 11 nitrogen and oxygen atoms in total. The topological polar surface area (TPSA) is 135 Å². The van der Waals surface area contributed by atoms with E-state index in [-0.39, 0.29) is 36.9 Å². The van der Waals surface area contributed by atoms with Gasteiger partial charge in [-0.05, 0) is 39.4 Å². The molecule has 1 aromatic carbocycles. The molecule has 1 aromatic heterocycles. The van der Waals surface area contributed by atoms with Crippen molar-refractivity contribution < 1.29 is 40.2 Å². The van der Waals surface area contributed by atoms with Gasteiger partial charge in [0.1, 0.15) is 23.2 Å². The third-order valence-electron chi connectivity index (χ3n) is 6.02. The summed E-state index contributed by atoms with van der Waals surface area (Å²) in [6.45, 7) is 0.809. The Labute approximate surface area is 237 Å². The minimum atomic E-state index is -4.87. The molecule has 0 radical (unpaired) electrons. The number of benzene rings is 1. The van der Waals surface area contributed by atoms with Gasteiger partial charge in [-0.1, -0.05) is 13.8 Å². The van der Waals surface area contributed by atoms with Gasteiger partial charge in [-0.25, -0.2) is 22.5 Å². The summed E-state index contributed by atoms with van der Waals surface area (Å²) in [5.74, 6) is -2.75. The molecule has 3 N–H and O–H groups in total. The molecule has 1 fully saturated rings. The van der Waals surface area contributed by atoms with Crippen LogP contribution in [0, 0.1) is 5.82 Å². The molecule has 2 atom stereocenters. The van der Waals surface area contributed by atoms with Crippen LogP contribution in [0.15, 0.2) is 18.3 Å². The third-order valence-corrected chi connectivity index (χ3v) is 6.75. The van der Waals surface area contributed by atoms with Gasteiger partial charge < -0.3 is 25.0 Å². The number of methoxy groups -OCH3 is 1. The van der Waals surface area contributed by atoms with Gasteiger partial charge >= 0.3 is 6.18 Å². The molecular weight excluding hydrogens is 572 g/mol. The molecular formula is C25H36F4N6O5S. The van der Waals surface area contributed by atoms with Crippen LogP contribution < -0.4 is 24.8 Å². The summed E-state index contributed by atoms with van der Waals surface area (Å²) >= 11 is 0. The second-order valence-corrected chi connectivity index (χ2v) is 11.3. The van der Waals surface area contributed by atoms with E-state index in [1.165, 1.54) is 7.11 Å². The van der Waals surface area contributed by atoms with E-state index in [2.05, 4.69) is 25.3 Å². The zero-order valence-corrected chi connectivity index (χ0v) is 23.2. The highest BCUT2D eigenvalue weighted by Crippen LogP contribution is 2.38. The van der Waals surface area contributed by atoms with Crippen LogP contribution in [0.3, 0.4) is 0 Å². The van der Waals surface area contributed by atoms with Gasteiger partial charge in [-0.3, -0.25) is 4.79 Å². The predicted octanol–water partition coefficient (Wildman–Crippen LogP) is 3.55. The number of rotatable bonds is 11. The Hall–Kier alpha value is -3.24. The number of halogens is 4. The van der Waals surface area contributed by atoms with Gasteiger partial charge in [-0.2, -0.15) is 18.2 Å². The molecule has 1 heterocycles. The molecule has 0 saturated heterocycles. The second-order valence-electron chi connectivity index (χ2n) is 9.56. The van der Waals surface area contributed by atoms with Crippen molar-refractivity contribution in [1.29, 1.82) is 0 Å². The van der Waals surface area contributed by atoms with Gasteiger partial charge in [0.05, 0.1) is 30.7 Å². The number of anilines is 2. The van der Waals surface area contributed by atoms with Crippen molar-refractivity contribution >= 4 is 27.6 Å². The van der Waals surface area contributed by atoms with Gasteiger partial charge in [0.25, 0.3) is 5.91 Å². The van der Waals surface area contributed by atoms with E-state index in [9.17, 15) is 30.8 Å². The maximum atomic E-state index is 14.9. The van der Waals surface area contributed by atoms with Gasteiger partial charge in [-0.15, -0.1) is 0 Å². The summed E-state index contributed by atoms with van der Waals surface area (Å²) in [4.78, 5) is 21.8. The second kappa shape index (κ2) is 14.1. The first-order valence-corrected chi connectivity index (χ1v) is 14.2. The molecule has 1 saturated carbocycles. The van der Waals surface area contributed by atoms with E-state index in [1.54, 1.807) is 0 Å². The van der Waals surface area contributed by atoms with Gasteiger partial charge in [0.2, 0.25) is 21.9 Å². The molecule has 0 unspecified atom stereocenters. The Morgan fingerprint density at radius 1 is 1.20 bits per heavy atom. The number of nitrogens with zero attached hydrogens (tertiary/aromatic N) is 3. The summed E-state index contributed by atoms with van der Waals surface area (Å²) in [5.41, 5.74) is -1.60. The van der Waals surface area contributed by atoms with Crippen molar-refractivity contribution in [2.45, 2.75) is 51.4 Å². The zero-order chi connectivity index (χ0) is 29.7. The van der Waals surface area contributed by atoms with E-state index in [1.807, 2.05) is 19.0 Å². The number of amides is 1. The first-order valence-electron chi connectivity index (χ1n) is 12.3. The number of likely N-dealkylation sites (N-methyl/N-ethyl adjacent to an activating group) is 1. The molecule has 16 heteroatoms. The summed E-state index contributed by atoms with van der Waals surface area (Å²) in [6.07, 6.45) is -2.34. The molecule has 0 bridgehead atoms. The van der Waals surface area contributed by atoms with Gasteiger partial charge in [0, 0.05) is 25.4 Å². The molecule has 1 amide bonds. The number of carbonyl (C=O) groups excluding carboxylic acids is 1. The van der Waals surface area contributed by atoms with Crippen molar-refractivity contribution in [1.82, 2.24) is 24.9 Å². The van der Waals surface area contributed by atoms with Crippen LogP contribution in [0.5, 0.6) is 11.6 Å². The molecule has 1 aliphatic rings. The molecule has 3 rings (SSSR count). The number of nitrogens with one attached hydrogen (secondary N) is 3. The number of alkyl halides is 3. The summed E-state index contributed by atoms with van der Waals surface area (Å²) in [5, 5.41) is 5.20. The Morgan fingerprint density at radius 2 is 1.88 bits per heavy atom. The fraction of sp³-hybridized carbons (Fsp3) is 0.560. The Kier molecular flexibility index (Phi) is 11.7. The number of carbonyl (C=O) groups is 1. The van der Waals surface area contributed by atoms with E-state index in [0.29, 0.717) is 38.4 Å². The number of hydrogen-bond acceptors (Lipinski definition) is 9. The maximum Gasteiger partial charge on any atom is 0.423 e. The average molecular weight is 609 g/mol. The van der Waals surface area contributed by atoms with E-state index in [0.717, 1.165) is 18.4 Å². The lowest BCUT2D eigenvalue weighted by Gasteiger charge is -2.32. The van der Waals surface area contributed by atoms with Crippen molar-refractivity contribution in [3.8, 4) is 11.6 Å². The lowest BCUT2D eigenvalue weighted by atomic mass is 9.93. The van der Waals surface area contributed by atoms with Crippen LogP contribution in [0.1, 0.15) is 49.0 Å². The SMILES string of the molecule is C.COc1cc(C(=O)NCCN(C)C)c(F)cc1Nc1ncc(C(F)(F)F)c(O[C@@H]2CCCC[C@H]2NS(C)(=O)=O)n1. The highest BCUT2D eigenvalue weighted by molar-refractivity contribution is 7.88. The van der Waals surface area contributed by atoms with Crippen LogP contribution in [0.4, 0.5) is 29.2 Å². The Morgan fingerprint density at radius 3 is 2.49 bits per heavy atom. The molecule has 0 aliphatic heterocycles. The van der Waals surface area contributed by atoms with Crippen molar-refractivity contribution in [3.05, 3.63) is 35.3 Å². The molecule has 2 aromatic rings. The maximum absolute atomic E-state index is 14.9. The average Bonchev–Trinajstić information content (AvgIpc) is 2.83. The normalized spacial score (nSPS) is 17.5. The van der Waals surface area contributed by atoms with E-state index < -0.39 is 51.5 Å². The van der Waals surface area contributed by atoms with Crippen LogP contribution in [-0.2, 0) is 16.2 Å². The standard InChI is InChI=1S/C24H32F4N6O5S.CH4/c1-34(2)10-9-29-21(35)14-11-20(38-3)18(12-16(14)25)31-23-30-13-15(24(26,27)28)22(32-23)39-19-8-6-5-7-17(19)33-40(4,36)37;/h11-13,17,19,33H,5-10H2,1-4H3,(H,29,35)(H,30,31,32);1H4/t17-,19-;/m1./s1. The number of aromatic nitrogens is 2. The lowest BCUT2D eigenvalue weighted by molar-refractivity contribution is -0.140. The molecule has 230 valence electrons. The molecule has 0 spiro atoms. The zero-order valence-electron chi connectivity index (χ0n) is 22.4. The number of sulfonamides is 1. The fourth-order valence-corrected chi connectivity index (χ4v) is 4.92. The smallest absolute Gasteiger partial charge is 0.423 e. The first-order chi connectivity index (χ1) is 18.7. The lowest BCUT2D eigenvalue weighted by Crippen LogP contribution is -2.47. The summed E-state index contributed by atoms with van der Waals surface area (Å²) in [7, 11) is 1.26. The van der Waals surface area contributed by atoms with E-state index in [4.69, 9.17) is 9.47 Å². The van der Waals surface area contributed by atoms with Crippen LogP contribution in [0.25, 0.3) is 0 Å². The van der Waals surface area contributed by atoms with Crippen molar-refractivity contribution in [3.63, 3.8) is 0 Å². The molecule has 41 heavy (non-hydrogen) atoms. The van der Waals surface area contributed by atoms with Crippen molar-refractivity contribution in [2.24, 2.45) is 0 Å². The predicted molar refractivity (Wildman–Crippen MR) is 146 cm³/mol. The first kappa shape index (κ1) is 34.0. The summed E-state index contributed by atoms with van der Waals surface area (Å²) < 4.78 is 92.9.